The number of carbonyl (C=O) groups excluding carboxylic acids is 2. The van der Waals surface area contributed by atoms with Gasteiger partial charge in [-0.3, -0.25) is 4.79 Å². The Morgan fingerprint density at radius 2 is 1.92 bits per heavy atom. The van der Waals surface area contributed by atoms with Crippen LogP contribution in [0.25, 0.3) is 0 Å². The molecular weight excluding hydrogens is 367 g/mol. The highest BCUT2D eigenvalue weighted by Gasteiger charge is 2.25. The van der Waals surface area contributed by atoms with E-state index in [1.807, 2.05) is 0 Å². The Kier molecular flexibility index (Phi) is 6.22. The lowest BCUT2D eigenvalue weighted by Crippen LogP contribution is -2.40. The molecule has 0 spiro atoms. The average Bonchev–Trinajstić information content (AvgIpc) is 2.54. The quantitative estimate of drug-likeness (QED) is 0.489. The number of nitrogens with one attached hydrogen (secondary N) is 1. The van der Waals surface area contributed by atoms with Gasteiger partial charge in [-0.25, -0.2) is 4.79 Å². The second-order valence-electron chi connectivity index (χ2n) is 5.36. The largest absolute Gasteiger partial charge is 0.618 e. The van der Waals surface area contributed by atoms with Crippen molar-refractivity contribution in [1.29, 1.82) is 0 Å². The fraction of sp³-hybridized carbons (Fsp3) is 0.235. The Balaban J connectivity index is 2.00. The van der Waals surface area contributed by atoms with Crippen molar-refractivity contribution in [3.05, 3.63) is 69.1 Å². The number of carbonyl (C=O) groups is 2. The van der Waals surface area contributed by atoms with Crippen molar-refractivity contribution in [1.82, 2.24) is 5.32 Å². The second-order valence-corrected chi connectivity index (χ2v) is 6.20. The SMILES string of the molecule is C[C@@H](OC(=O)c1cccc[n+]1[O-])C(=O)N[C@H](C)c1ccc(Cl)cc1Cl. The first-order valence-electron chi connectivity index (χ1n) is 7.44. The number of ether oxygens (including phenoxy) is 1. The third-order valence-corrected chi connectivity index (χ3v) is 4.04. The van der Waals surface area contributed by atoms with E-state index in [0.717, 1.165) is 0 Å². The molecule has 0 bridgehead atoms. The van der Waals surface area contributed by atoms with Gasteiger partial charge in [0, 0.05) is 22.2 Å². The molecule has 8 heteroatoms. The average molecular weight is 383 g/mol. The van der Waals surface area contributed by atoms with Crippen LogP contribution in [0.2, 0.25) is 10.0 Å². The molecule has 132 valence electrons. The number of hydrogen-bond acceptors (Lipinski definition) is 4. The van der Waals surface area contributed by atoms with Crippen molar-refractivity contribution in [3.63, 3.8) is 0 Å². The number of amides is 1. The molecule has 0 saturated heterocycles. The topological polar surface area (TPSA) is 82.3 Å². The summed E-state index contributed by atoms with van der Waals surface area (Å²) in [6.07, 6.45) is 0.0904. The minimum Gasteiger partial charge on any atom is -0.618 e. The fourth-order valence-corrected chi connectivity index (χ4v) is 2.69. The summed E-state index contributed by atoms with van der Waals surface area (Å²) in [5.41, 5.74) is 0.481. The van der Waals surface area contributed by atoms with Gasteiger partial charge in [-0.05, 0) is 37.6 Å². The van der Waals surface area contributed by atoms with E-state index < -0.39 is 24.0 Å². The Hall–Kier alpha value is -2.31. The maximum absolute atomic E-state index is 12.2. The van der Waals surface area contributed by atoms with Crippen LogP contribution >= 0.6 is 23.2 Å². The maximum atomic E-state index is 12.2. The van der Waals surface area contributed by atoms with Crippen molar-refractivity contribution in [3.8, 4) is 0 Å². The number of nitrogens with zero attached hydrogens (tertiary/aromatic N) is 1. The number of rotatable bonds is 5. The molecule has 0 saturated carbocycles. The predicted octanol–water partition coefficient (Wildman–Crippen LogP) is 3.05. The molecule has 0 aliphatic rings. The molecule has 2 rings (SSSR count). The van der Waals surface area contributed by atoms with Crippen molar-refractivity contribution >= 4 is 35.1 Å². The molecule has 0 radical (unpaired) electrons. The van der Waals surface area contributed by atoms with E-state index >= 15 is 0 Å². The van der Waals surface area contributed by atoms with Crippen LogP contribution in [-0.2, 0) is 9.53 Å². The zero-order valence-electron chi connectivity index (χ0n) is 13.5. The molecule has 0 aliphatic carbocycles. The van der Waals surface area contributed by atoms with Gasteiger partial charge in [-0.2, -0.15) is 4.73 Å². The summed E-state index contributed by atoms with van der Waals surface area (Å²) in [7, 11) is 0. The van der Waals surface area contributed by atoms with E-state index in [9.17, 15) is 14.8 Å². The number of aromatic nitrogens is 1. The highest BCUT2D eigenvalue weighted by atomic mass is 35.5. The van der Waals surface area contributed by atoms with Gasteiger partial charge >= 0.3 is 11.7 Å². The van der Waals surface area contributed by atoms with Crippen LogP contribution in [0.5, 0.6) is 0 Å². The number of pyridine rings is 1. The van der Waals surface area contributed by atoms with Crippen LogP contribution in [-0.4, -0.2) is 18.0 Å². The highest BCUT2D eigenvalue weighted by molar-refractivity contribution is 6.35. The Labute approximate surface area is 154 Å². The molecular formula is C17H16Cl2N2O4. The minimum atomic E-state index is -1.08. The molecule has 0 fully saturated rings. The van der Waals surface area contributed by atoms with Gasteiger partial charge in [0.05, 0.1) is 6.04 Å². The monoisotopic (exact) mass is 382 g/mol. The lowest BCUT2D eigenvalue weighted by atomic mass is 10.1. The standard InChI is InChI=1S/C17H16Cl2N2O4/c1-10(13-7-6-12(18)9-14(13)19)20-16(22)11(2)25-17(23)15-5-3-4-8-21(15)24/h3-11H,1-2H3,(H,20,22)/t10-,11-/m1/s1. The van der Waals surface area contributed by atoms with Gasteiger partial charge < -0.3 is 15.3 Å². The first-order valence-corrected chi connectivity index (χ1v) is 8.19. The maximum Gasteiger partial charge on any atom is 0.405 e. The smallest absolute Gasteiger partial charge is 0.405 e. The van der Waals surface area contributed by atoms with Crippen LogP contribution < -0.4 is 10.0 Å². The van der Waals surface area contributed by atoms with Crippen LogP contribution in [0.3, 0.4) is 0 Å². The Morgan fingerprint density at radius 3 is 2.56 bits per heavy atom. The molecule has 0 aliphatic heterocycles. The molecule has 25 heavy (non-hydrogen) atoms. The number of benzene rings is 1. The van der Waals surface area contributed by atoms with Gasteiger partial charge in [0.25, 0.3) is 5.91 Å². The molecule has 1 heterocycles. The third-order valence-electron chi connectivity index (χ3n) is 3.47. The van der Waals surface area contributed by atoms with Crippen LogP contribution in [0.1, 0.15) is 35.9 Å². The van der Waals surface area contributed by atoms with E-state index in [1.165, 1.54) is 31.3 Å². The summed E-state index contributed by atoms with van der Waals surface area (Å²) >= 11 is 12.0. The van der Waals surface area contributed by atoms with Crippen molar-refractivity contribution in [2.24, 2.45) is 0 Å². The van der Waals surface area contributed by atoms with Crippen molar-refractivity contribution in [2.75, 3.05) is 0 Å². The number of esters is 1. The summed E-state index contributed by atoms with van der Waals surface area (Å²) in [5, 5.41) is 15.1. The summed E-state index contributed by atoms with van der Waals surface area (Å²) in [4.78, 5) is 24.2. The number of hydrogen-bond donors (Lipinski definition) is 1. The minimum absolute atomic E-state index is 0.198. The second kappa shape index (κ2) is 8.18. The summed E-state index contributed by atoms with van der Waals surface area (Å²) in [6.45, 7) is 3.16. The van der Waals surface area contributed by atoms with E-state index in [2.05, 4.69) is 5.32 Å². The summed E-state index contributed by atoms with van der Waals surface area (Å²) in [5.74, 6) is -1.39. The van der Waals surface area contributed by atoms with Gasteiger partial charge in [0.1, 0.15) is 0 Å². The van der Waals surface area contributed by atoms with Crippen LogP contribution in [0, 0.1) is 5.21 Å². The highest BCUT2D eigenvalue weighted by Crippen LogP contribution is 2.26. The first-order chi connectivity index (χ1) is 11.8. The van der Waals surface area contributed by atoms with Gasteiger partial charge in [0.2, 0.25) is 0 Å². The van der Waals surface area contributed by atoms with Crippen LogP contribution in [0.4, 0.5) is 0 Å². The Bertz CT molecular complexity index is 798. The Morgan fingerprint density at radius 1 is 1.20 bits per heavy atom. The van der Waals surface area contributed by atoms with Gasteiger partial charge in [-0.1, -0.05) is 29.3 Å². The van der Waals surface area contributed by atoms with Gasteiger partial charge in [0.15, 0.2) is 12.3 Å². The molecule has 2 atom stereocenters. The third kappa shape index (κ3) is 4.84. The van der Waals surface area contributed by atoms with Crippen molar-refractivity contribution < 1.29 is 19.1 Å². The predicted molar refractivity (Wildman–Crippen MR) is 93.3 cm³/mol. The fourth-order valence-electron chi connectivity index (χ4n) is 2.12. The number of halogens is 2. The van der Waals surface area contributed by atoms with Crippen LogP contribution in [0.15, 0.2) is 42.6 Å². The molecule has 0 unspecified atom stereocenters. The van der Waals surface area contributed by atoms with Gasteiger partial charge in [-0.15, -0.1) is 0 Å². The lowest BCUT2D eigenvalue weighted by molar-refractivity contribution is -0.608. The van der Waals surface area contributed by atoms with E-state index in [0.29, 0.717) is 20.3 Å². The van der Waals surface area contributed by atoms with Crippen molar-refractivity contribution in [2.45, 2.75) is 26.0 Å². The molecule has 2 aromatic rings. The summed E-state index contributed by atoms with van der Waals surface area (Å²) < 4.78 is 5.42. The first kappa shape index (κ1) is 19.0. The molecule has 6 nitrogen and oxygen atoms in total. The van der Waals surface area contributed by atoms with E-state index in [1.54, 1.807) is 25.1 Å². The molecule has 1 N–H and O–H groups in total. The van der Waals surface area contributed by atoms with E-state index in [-0.39, 0.29) is 5.69 Å². The zero-order chi connectivity index (χ0) is 18.6. The lowest BCUT2D eigenvalue weighted by Gasteiger charge is -2.19. The molecule has 1 amide bonds. The van der Waals surface area contributed by atoms with E-state index in [4.69, 9.17) is 27.9 Å². The molecule has 1 aromatic carbocycles. The normalized spacial score (nSPS) is 13.0. The summed E-state index contributed by atoms with van der Waals surface area (Å²) in [6, 6.07) is 8.86. The zero-order valence-corrected chi connectivity index (χ0v) is 15.0. The molecule has 1 aromatic heterocycles.